The monoisotopic (exact) mass is 224 g/mol. The molecular formula is C11H16N2O3. The number of hydrogen-bond donors (Lipinski definition) is 2. The summed E-state index contributed by atoms with van der Waals surface area (Å²) in [5, 5.41) is 11.2. The van der Waals surface area contributed by atoms with Gasteiger partial charge in [0.1, 0.15) is 6.04 Å². The smallest absolute Gasteiger partial charge is 0.326 e. The van der Waals surface area contributed by atoms with Crippen LogP contribution >= 0.6 is 0 Å². The molecule has 0 rings (SSSR count). The highest BCUT2D eigenvalue weighted by atomic mass is 16.4. The second-order valence-corrected chi connectivity index (χ2v) is 3.08. The topological polar surface area (TPSA) is 69.6 Å². The Morgan fingerprint density at radius 1 is 1.69 bits per heavy atom. The van der Waals surface area contributed by atoms with Crippen molar-refractivity contribution in [1.29, 1.82) is 0 Å². The van der Waals surface area contributed by atoms with Crippen LogP contribution in [0.1, 0.15) is 13.3 Å². The third-order valence-electron chi connectivity index (χ3n) is 1.95. The highest BCUT2D eigenvalue weighted by Crippen LogP contribution is 1.96. The number of terminal acetylenes is 1. The summed E-state index contributed by atoms with van der Waals surface area (Å²) in [5.41, 5.74) is 0. The molecule has 1 atom stereocenters. The molecule has 0 spiro atoms. The maximum absolute atomic E-state index is 11.6. The average molecular weight is 224 g/mol. The summed E-state index contributed by atoms with van der Waals surface area (Å²) in [6, 6.07) is -1.44. The number of carboxylic acid groups (broad SMARTS) is 1. The van der Waals surface area contributed by atoms with Gasteiger partial charge in [0.15, 0.2) is 0 Å². The summed E-state index contributed by atoms with van der Waals surface area (Å²) in [7, 11) is 0. The second kappa shape index (κ2) is 7.35. The molecule has 2 N–H and O–H groups in total. The van der Waals surface area contributed by atoms with Crippen LogP contribution < -0.4 is 5.32 Å². The van der Waals surface area contributed by atoms with Gasteiger partial charge < -0.3 is 15.3 Å². The number of carbonyl (C=O) groups is 2. The average Bonchev–Trinajstić information content (AvgIpc) is 2.24. The zero-order chi connectivity index (χ0) is 12.6. The van der Waals surface area contributed by atoms with E-state index in [4.69, 9.17) is 11.5 Å². The Balaban J connectivity index is 4.43. The Bertz CT molecular complexity index is 307. The highest BCUT2D eigenvalue weighted by molar-refractivity contribution is 5.82. The van der Waals surface area contributed by atoms with E-state index in [1.54, 1.807) is 6.92 Å². The van der Waals surface area contributed by atoms with Crippen LogP contribution in [0.4, 0.5) is 4.79 Å². The molecule has 0 aliphatic rings. The molecule has 2 amide bonds. The van der Waals surface area contributed by atoms with Gasteiger partial charge in [0, 0.05) is 6.54 Å². The van der Waals surface area contributed by atoms with Crippen LogP contribution in [0.3, 0.4) is 0 Å². The van der Waals surface area contributed by atoms with E-state index in [1.165, 1.54) is 11.0 Å². The van der Waals surface area contributed by atoms with Crippen molar-refractivity contribution >= 4 is 12.0 Å². The molecule has 16 heavy (non-hydrogen) atoms. The lowest BCUT2D eigenvalue weighted by Crippen LogP contribution is -2.47. The van der Waals surface area contributed by atoms with E-state index < -0.39 is 18.0 Å². The molecule has 0 aromatic carbocycles. The molecule has 5 heteroatoms. The first-order valence-corrected chi connectivity index (χ1v) is 4.89. The lowest BCUT2D eigenvalue weighted by atomic mass is 10.2. The molecule has 0 radical (unpaired) electrons. The van der Waals surface area contributed by atoms with Crippen LogP contribution in [0.25, 0.3) is 0 Å². The third kappa shape index (κ3) is 4.51. The zero-order valence-corrected chi connectivity index (χ0v) is 9.27. The van der Waals surface area contributed by atoms with Gasteiger partial charge in [-0.25, -0.2) is 9.59 Å². The number of nitrogens with zero attached hydrogens (tertiary/aromatic N) is 1. The van der Waals surface area contributed by atoms with Gasteiger partial charge in [-0.05, 0) is 13.3 Å². The Morgan fingerprint density at radius 2 is 2.31 bits per heavy atom. The van der Waals surface area contributed by atoms with Crippen LogP contribution in [-0.4, -0.2) is 41.1 Å². The fraction of sp³-hybridized carbons (Fsp3) is 0.455. The molecule has 0 bridgehead atoms. The Labute approximate surface area is 95.1 Å². The van der Waals surface area contributed by atoms with Crippen molar-refractivity contribution in [3.8, 4) is 12.3 Å². The quantitative estimate of drug-likeness (QED) is 0.515. The number of carbonyl (C=O) groups excluding carboxylic acids is 1. The summed E-state index contributed by atoms with van der Waals surface area (Å²) >= 11 is 0. The minimum atomic E-state index is -1.09. The van der Waals surface area contributed by atoms with Crippen molar-refractivity contribution in [3.05, 3.63) is 12.7 Å². The van der Waals surface area contributed by atoms with Crippen molar-refractivity contribution in [2.24, 2.45) is 0 Å². The fourth-order valence-electron chi connectivity index (χ4n) is 1.07. The molecule has 0 aromatic rings. The van der Waals surface area contributed by atoms with Gasteiger partial charge in [0.25, 0.3) is 0 Å². The lowest BCUT2D eigenvalue weighted by Gasteiger charge is -2.21. The van der Waals surface area contributed by atoms with Gasteiger partial charge in [-0.15, -0.1) is 13.0 Å². The molecule has 1 unspecified atom stereocenters. The van der Waals surface area contributed by atoms with E-state index in [0.29, 0.717) is 6.54 Å². The predicted octanol–water partition coefficient (Wildman–Crippen LogP) is 0.680. The van der Waals surface area contributed by atoms with Crippen LogP contribution in [0.2, 0.25) is 0 Å². The molecular weight excluding hydrogens is 208 g/mol. The first-order chi connectivity index (χ1) is 7.56. The van der Waals surface area contributed by atoms with E-state index in [0.717, 1.165) is 0 Å². The normalized spacial score (nSPS) is 11.0. The first-order valence-electron chi connectivity index (χ1n) is 4.89. The SMILES string of the molecule is C#CCN(CC)C(=O)NC(CC=C)C(=O)O. The molecule has 0 saturated carbocycles. The van der Waals surface area contributed by atoms with Crippen molar-refractivity contribution < 1.29 is 14.7 Å². The van der Waals surface area contributed by atoms with Gasteiger partial charge in [-0.1, -0.05) is 12.0 Å². The van der Waals surface area contributed by atoms with Crippen LogP contribution in [-0.2, 0) is 4.79 Å². The van der Waals surface area contributed by atoms with Crippen LogP contribution in [0.15, 0.2) is 12.7 Å². The molecule has 0 aliphatic heterocycles. The van der Waals surface area contributed by atoms with Gasteiger partial charge in [0.2, 0.25) is 0 Å². The van der Waals surface area contributed by atoms with Gasteiger partial charge in [-0.3, -0.25) is 0 Å². The summed E-state index contributed by atoms with van der Waals surface area (Å²) < 4.78 is 0. The maximum Gasteiger partial charge on any atom is 0.326 e. The Kier molecular flexibility index (Phi) is 6.45. The standard InChI is InChI=1S/C11H16N2O3/c1-4-7-9(10(14)15)12-11(16)13(6-3)8-5-2/h2,4,9H,1,6-8H2,3H3,(H,12,16)(H,14,15). The highest BCUT2D eigenvalue weighted by Gasteiger charge is 2.20. The van der Waals surface area contributed by atoms with E-state index in [2.05, 4.69) is 17.8 Å². The molecule has 0 heterocycles. The fourth-order valence-corrected chi connectivity index (χ4v) is 1.07. The number of amides is 2. The second-order valence-electron chi connectivity index (χ2n) is 3.08. The van der Waals surface area contributed by atoms with Crippen LogP contribution in [0, 0.1) is 12.3 Å². The summed E-state index contributed by atoms with van der Waals surface area (Å²) in [4.78, 5) is 23.7. The van der Waals surface area contributed by atoms with E-state index in [1.807, 2.05) is 0 Å². The number of carboxylic acids is 1. The molecule has 0 saturated heterocycles. The lowest BCUT2D eigenvalue weighted by molar-refractivity contribution is -0.139. The molecule has 0 aliphatic carbocycles. The number of urea groups is 1. The maximum atomic E-state index is 11.6. The minimum absolute atomic E-state index is 0.156. The number of aliphatic carboxylic acids is 1. The van der Waals surface area contributed by atoms with Gasteiger partial charge in [0.05, 0.1) is 6.54 Å². The number of rotatable bonds is 6. The largest absolute Gasteiger partial charge is 0.480 e. The number of hydrogen-bond acceptors (Lipinski definition) is 2. The Morgan fingerprint density at radius 3 is 2.69 bits per heavy atom. The number of nitrogens with one attached hydrogen (secondary N) is 1. The first kappa shape index (κ1) is 14.0. The third-order valence-corrected chi connectivity index (χ3v) is 1.95. The predicted molar refractivity (Wildman–Crippen MR) is 60.8 cm³/mol. The molecule has 0 aromatic heterocycles. The van der Waals surface area contributed by atoms with Crippen molar-refractivity contribution in [2.45, 2.75) is 19.4 Å². The van der Waals surface area contributed by atoms with Crippen molar-refractivity contribution in [1.82, 2.24) is 10.2 Å². The van der Waals surface area contributed by atoms with E-state index in [-0.39, 0.29) is 13.0 Å². The van der Waals surface area contributed by atoms with Crippen LogP contribution in [0.5, 0.6) is 0 Å². The van der Waals surface area contributed by atoms with E-state index in [9.17, 15) is 9.59 Å². The Hall–Kier alpha value is -1.96. The van der Waals surface area contributed by atoms with Gasteiger partial charge in [-0.2, -0.15) is 0 Å². The van der Waals surface area contributed by atoms with Crippen molar-refractivity contribution in [3.63, 3.8) is 0 Å². The summed E-state index contributed by atoms with van der Waals surface area (Å²) in [6.07, 6.45) is 6.70. The summed E-state index contributed by atoms with van der Waals surface area (Å²) in [5.74, 6) is 1.24. The zero-order valence-electron chi connectivity index (χ0n) is 9.27. The molecule has 88 valence electrons. The van der Waals surface area contributed by atoms with Crippen molar-refractivity contribution in [2.75, 3.05) is 13.1 Å². The minimum Gasteiger partial charge on any atom is -0.480 e. The summed E-state index contributed by atoms with van der Waals surface area (Å²) in [6.45, 7) is 5.78. The molecule has 5 nitrogen and oxygen atoms in total. The van der Waals surface area contributed by atoms with Gasteiger partial charge >= 0.3 is 12.0 Å². The van der Waals surface area contributed by atoms with E-state index >= 15 is 0 Å². The molecule has 0 fully saturated rings.